The fourth-order valence-electron chi connectivity index (χ4n) is 13.0. The number of pyridine rings is 1. The predicted octanol–water partition coefficient (Wildman–Crippen LogP) is 31.0. The number of aromatic nitrogens is 2. The Morgan fingerprint density at radius 1 is 0.444 bits per heavy atom. The summed E-state index contributed by atoms with van der Waals surface area (Å²) in [6, 6.07) is 13.1. The van der Waals surface area contributed by atoms with Crippen molar-refractivity contribution >= 4 is 22.7 Å². The lowest BCUT2D eigenvalue weighted by atomic mass is 9.80. The van der Waals surface area contributed by atoms with Gasteiger partial charge in [-0.3, -0.25) is 4.98 Å². The summed E-state index contributed by atoms with van der Waals surface area (Å²) in [7, 11) is 0. The number of alkyl halides is 3. The lowest BCUT2D eigenvalue weighted by molar-refractivity contribution is -0.137. The van der Waals surface area contributed by atoms with E-state index in [1.807, 2.05) is 37.4 Å². The van der Waals surface area contributed by atoms with E-state index in [1.54, 1.807) is 11.3 Å². The van der Waals surface area contributed by atoms with Crippen LogP contribution >= 0.6 is 22.7 Å². The Kier molecular flexibility index (Phi) is 76.5. The Labute approximate surface area is 679 Å². The van der Waals surface area contributed by atoms with Crippen LogP contribution in [0.3, 0.4) is 0 Å². The average molecular weight is 1550 g/mol. The van der Waals surface area contributed by atoms with Crippen LogP contribution in [0, 0.1) is 35.0 Å². The smallest absolute Gasteiger partial charge is 0.304 e. The normalized spacial score (nSPS) is 15.9. The minimum Gasteiger partial charge on any atom is -0.304 e. The molecule has 0 radical (unpaired) electrons. The summed E-state index contributed by atoms with van der Waals surface area (Å²) in [6.07, 6.45) is 54.3. The summed E-state index contributed by atoms with van der Waals surface area (Å²) >= 11 is 3.72. The van der Waals surface area contributed by atoms with Crippen molar-refractivity contribution in [3.63, 3.8) is 0 Å². The van der Waals surface area contributed by atoms with Gasteiger partial charge in [-0.05, 0) is 244 Å². The van der Waals surface area contributed by atoms with Gasteiger partial charge >= 0.3 is 6.18 Å². The number of aryl methyl sites for hydroxylation is 8. The highest BCUT2D eigenvalue weighted by Gasteiger charge is 2.40. The molecule has 4 fully saturated rings. The number of rotatable bonds is 31. The van der Waals surface area contributed by atoms with Crippen molar-refractivity contribution in [2.75, 3.05) is 58.9 Å². The largest absolute Gasteiger partial charge is 0.416 e. The van der Waals surface area contributed by atoms with E-state index >= 15 is 0 Å². The zero-order valence-electron chi connectivity index (χ0n) is 75.2. The molecule has 0 amide bonds. The molecule has 2 saturated heterocycles. The highest BCUT2D eigenvalue weighted by atomic mass is 32.1. The van der Waals surface area contributed by atoms with Gasteiger partial charge in [-0.15, -0.1) is 34.5 Å². The molecule has 1 aromatic carbocycles. The summed E-state index contributed by atoms with van der Waals surface area (Å²) in [5.74, 6) is 9.35. The summed E-state index contributed by atoms with van der Waals surface area (Å²) in [5, 5.41) is 3.45. The minimum absolute atomic E-state index is 0.512. The molecule has 108 heavy (non-hydrogen) atoms. The molecule has 2 saturated carbocycles. The Morgan fingerprint density at radius 2 is 0.889 bits per heavy atom. The molecule has 626 valence electrons. The van der Waals surface area contributed by atoms with Crippen molar-refractivity contribution in [2.24, 2.45) is 23.2 Å². The lowest BCUT2D eigenvalue weighted by Crippen LogP contribution is -2.46. The number of likely N-dealkylation sites (N-methyl/N-ethyl adjacent to an activating group) is 1. The second-order valence-electron chi connectivity index (χ2n) is 30.1. The highest BCUT2D eigenvalue weighted by molar-refractivity contribution is 7.12. The first-order valence-corrected chi connectivity index (χ1v) is 47.0. The molecule has 4 aromatic rings. The standard InChI is InChI=1S/C13H17F3.C10H20.C9H20N2.C9H19N.C9H13N.C9H18.C8H13NS.C8H12S.C8H16.C8H14.C7H14/c1-3-5-10-7-11(6-4-2)9-12(8-10)13(14,15)16;1-3-9-5-7-10(4-2)8-6-9;1-3-5-11-8-6-10(4-2)7-9-11;1-3-9-5-7-10(4-2)8-6-9;1-3-8-5-6-9(4-2)10-7-8;1-3-5-9(6-4-2)7-8-9;1-3-5-8-9-7(4-2)6-10-8;1-3-7-5-6-8(4-2)9-7;2*1-3-5-7-8-6-4-2;1-3-5-7-6-4-2/h7-9H,3-6H2,1-2H3;9-10H,3-8H2,1-2H3;3-9H2,1-2H3;9H,3-8H2,1-2H3;5-7H,3-4H2,1-2H3;3-8H2,1-2H3;6H,3-5H2,1-2H3;5-6H,3-4H2,1-2H3;7-8H,3-6H2,1-2H3;3-6H2,1-2H3;5,7H,3-4,6H2,1-2H3/b;;;;;;;;8-7+;;7-5-. The van der Waals surface area contributed by atoms with Gasteiger partial charge in [0.25, 0.3) is 0 Å². The Hall–Kier alpha value is -3.59. The Bertz CT molecular complexity index is 2490. The molecule has 2 aliphatic heterocycles. The van der Waals surface area contributed by atoms with Crippen LogP contribution in [-0.2, 0) is 57.5 Å². The van der Waals surface area contributed by atoms with Crippen LogP contribution in [0.15, 0.2) is 78.3 Å². The molecule has 0 N–H and O–H groups in total. The van der Waals surface area contributed by atoms with Gasteiger partial charge in [-0.2, -0.15) is 13.2 Å². The van der Waals surface area contributed by atoms with E-state index in [0.29, 0.717) is 12.8 Å². The topological polar surface area (TPSA) is 35.5 Å². The first-order valence-electron chi connectivity index (χ1n) is 45.3. The van der Waals surface area contributed by atoms with Crippen LogP contribution in [0.5, 0.6) is 0 Å². The number of halogens is 3. The lowest BCUT2D eigenvalue weighted by Gasteiger charge is -2.33. The van der Waals surface area contributed by atoms with Crippen molar-refractivity contribution in [2.45, 2.75) is 402 Å². The molecule has 0 spiro atoms. The first kappa shape index (κ1) is 109. The van der Waals surface area contributed by atoms with Crippen molar-refractivity contribution in [3.8, 4) is 11.8 Å². The molecule has 8 rings (SSSR count). The molecule has 0 atom stereocenters. The fourth-order valence-corrected chi connectivity index (χ4v) is 14.9. The van der Waals surface area contributed by atoms with Crippen molar-refractivity contribution < 1.29 is 13.2 Å². The number of piperidine rings is 1. The number of nitrogens with zero attached hydrogens (tertiary/aromatic N) is 5. The molecule has 0 bridgehead atoms. The van der Waals surface area contributed by atoms with Gasteiger partial charge in [-0.1, -0.05) is 279 Å². The zero-order chi connectivity index (χ0) is 81.3. The van der Waals surface area contributed by atoms with Crippen LogP contribution in [-0.4, -0.2) is 83.6 Å². The van der Waals surface area contributed by atoms with Gasteiger partial charge in [-0.25, -0.2) is 4.98 Å². The number of benzene rings is 1. The van der Waals surface area contributed by atoms with E-state index in [0.717, 1.165) is 85.7 Å². The van der Waals surface area contributed by atoms with Gasteiger partial charge in [0.1, 0.15) is 0 Å². The highest BCUT2D eigenvalue weighted by Crippen LogP contribution is 2.53. The third-order valence-electron chi connectivity index (χ3n) is 20.6. The molecular weight excluding hydrogens is 1370 g/mol. The van der Waals surface area contributed by atoms with Crippen LogP contribution < -0.4 is 0 Å². The summed E-state index contributed by atoms with van der Waals surface area (Å²) in [4.78, 5) is 19.3. The van der Waals surface area contributed by atoms with Crippen LogP contribution in [0.2, 0.25) is 0 Å². The number of allylic oxidation sites excluding steroid dienone is 4. The summed E-state index contributed by atoms with van der Waals surface area (Å²) < 4.78 is 37.9. The van der Waals surface area contributed by atoms with Gasteiger partial charge in [0, 0.05) is 66.0 Å². The van der Waals surface area contributed by atoms with Crippen LogP contribution in [0.4, 0.5) is 13.2 Å². The number of thiazole rings is 1. The number of piperazine rings is 1. The van der Waals surface area contributed by atoms with Crippen molar-refractivity contribution in [1.82, 2.24) is 24.7 Å². The summed E-state index contributed by atoms with van der Waals surface area (Å²) in [5.41, 5.74) is 5.66. The molecule has 5 nitrogen and oxygen atoms in total. The number of hydrogen-bond acceptors (Lipinski definition) is 7. The number of hydrogen-bond donors (Lipinski definition) is 0. The van der Waals surface area contributed by atoms with E-state index in [9.17, 15) is 13.2 Å². The molecule has 3 aromatic heterocycles. The fraction of sp³-hybridized carbons (Fsp3) is 0.755. The molecule has 2 aliphatic carbocycles. The zero-order valence-corrected chi connectivity index (χ0v) is 76.8. The number of thiophene rings is 1. The van der Waals surface area contributed by atoms with E-state index < -0.39 is 11.7 Å². The maximum Gasteiger partial charge on any atom is 0.416 e. The minimum atomic E-state index is -4.23. The van der Waals surface area contributed by atoms with Gasteiger partial charge < -0.3 is 14.7 Å². The molecule has 10 heteroatoms. The molecule has 4 aliphatic rings. The van der Waals surface area contributed by atoms with Crippen LogP contribution in [0.1, 0.15) is 393 Å². The quantitative estimate of drug-likeness (QED) is 0.0371. The van der Waals surface area contributed by atoms with Crippen LogP contribution in [0.25, 0.3) is 0 Å². The maximum absolute atomic E-state index is 12.6. The van der Waals surface area contributed by atoms with E-state index in [4.69, 9.17) is 0 Å². The number of unbranched alkanes of at least 4 members (excludes halogenated alkanes) is 5. The van der Waals surface area contributed by atoms with E-state index in [2.05, 4.69) is 229 Å². The van der Waals surface area contributed by atoms with Crippen molar-refractivity contribution in [1.29, 1.82) is 0 Å². The third-order valence-corrected chi connectivity index (χ3v) is 22.9. The second-order valence-corrected chi connectivity index (χ2v) is 32.3. The molecular formula is C98H176F3N5S2. The number of likely N-dealkylation sites (tertiary alicyclic amines) is 1. The monoisotopic (exact) mass is 1540 g/mol. The van der Waals surface area contributed by atoms with Gasteiger partial charge in [0.05, 0.1) is 16.3 Å². The van der Waals surface area contributed by atoms with Gasteiger partial charge in [0.2, 0.25) is 0 Å². The average Bonchev–Trinajstić information content (AvgIpc) is 1.66. The maximum atomic E-state index is 12.6. The second kappa shape index (κ2) is 76.1. The Balaban J connectivity index is -0.00000113. The van der Waals surface area contributed by atoms with Gasteiger partial charge in [0.15, 0.2) is 0 Å². The molecule has 0 unspecified atom stereocenters. The first-order chi connectivity index (χ1) is 52.2. The Morgan fingerprint density at radius 3 is 1.21 bits per heavy atom. The summed E-state index contributed by atoms with van der Waals surface area (Å²) in [6.45, 7) is 59.9. The van der Waals surface area contributed by atoms with E-state index in [-0.39, 0.29) is 0 Å². The van der Waals surface area contributed by atoms with E-state index in [1.165, 1.54) is 283 Å². The molecule has 5 heterocycles. The SMILES string of the molecule is CC/C=C\CCC.CCC/C=C/CCC.CCC1CCC(CC)CC1.CCC1CCN(CC)CC1.CCCC#CCCC.CCCC1(CCC)CC1.CCCN1CCN(CC)CC1.CCCc1cc(CCC)cc(C(F)(F)F)c1.CCCc1nc(CC)cs1.CCc1ccc(CC)nc1.CCc1ccc(CC)s1. The third kappa shape index (κ3) is 61.0. The van der Waals surface area contributed by atoms with Crippen molar-refractivity contribution in [3.05, 3.63) is 127 Å². The predicted molar refractivity (Wildman–Crippen MR) is 483 cm³/mol.